The molecule has 1 heterocycles. The van der Waals surface area contributed by atoms with Crippen molar-refractivity contribution in [2.24, 2.45) is 0 Å². The molecule has 1 saturated carbocycles. The number of hydrogen-bond donors (Lipinski definition) is 1. The maximum atomic E-state index is 12.4. The van der Waals surface area contributed by atoms with Crippen LogP contribution >= 0.6 is 35.0 Å². The first-order valence-electron chi connectivity index (χ1n) is 8.95. The Labute approximate surface area is 177 Å². The summed E-state index contributed by atoms with van der Waals surface area (Å²) in [6, 6.07) is 15.3. The number of benzene rings is 2. The van der Waals surface area contributed by atoms with E-state index in [9.17, 15) is 4.79 Å². The Kier molecular flexibility index (Phi) is 5.90. The van der Waals surface area contributed by atoms with Crippen LogP contribution in [0.15, 0.2) is 53.7 Å². The predicted octanol–water partition coefficient (Wildman–Crippen LogP) is 5.24. The van der Waals surface area contributed by atoms with Gasteiger partial charge in [0, 0.05) is 5.92 Å². The van der Waals surface area contributed by atoms with Crippen molar-refractivity contribution in [3.8, 4) is 0 Å². The van der Waals surface area contributed by atoms with Gasteiger partial charge in [0.25, 0.3) is 0 Å². The predicted molar refractivity (Wildman–Crippen MR) is 113 cm³/mol. The van der Waals surface area contributed by atoms with Crippen LogP contribution in [0, 0.1) is 0 Å². The third kappa shape index (κ3) is 4.51. The van der Waals surface area contributed by atoms with Gasteiger partial charge < -0.3 is 9.88 Å². The van der Waals surface area contributed by atoms with E-state index in [2.05, 4.69) is 32.2 Å². The molecule has 3 aromatic rings. The zero-order valence-corrected chi connectivity index (χ0v) is 17.3. The van der Waals surface area contributed by atoms with E-state index in [1.807, 2.05) is 18.2 Å². The van der Waals surface area contributed by atoms with E-state index >= 15 is 0 Å². The molecule has 0 bridgehead atoms. The van der Waals surface area contributed by atoms with Crippen molar-refractivity contribution < 1.29 is 4.79 Å². The molecule has 0 saturated heterocycles. The van der Waals surface area contributed by atoms with Gasteiger partial charge in [0.05, 0.1) is 28.0 Å². The van der Waals surface area contributed by atoms with Gasteiger partial charge in [0.2, 0.25) is 5.91 Å². The summed E-state index contributed by atoms with van der Waals surface area (Å²) in [5, 5.41) is 13.0. The lowest BCUT2D eigenvalue weighted by Gasteiger charge is -2.11. The molecule has 1 N–H and O–H groups in total. The highest BCUT2D eigenvalue weighted by molar-refractivity contribution is 7.99. The van der Waals surface area contributed by atoms with Gasteiger partial charge in [-0.05, 0) is 30.5 Å². The third-order valence-electron chi connectivity index (χ3n) is 4.43. The Bertz CT molecular complexity index is 989. The van der Waals surface area contributed by atoms with Crippen molar-refractivity contribution in [2.45, 2.75) is 30.5 Å². The second-order valence-corrected chi connectivity index (χ2v) is 8.35. The summed E-state index contributed by atoms with van der Waals surface area (Å²) < 4.78 is 2.12. The van der Waals surface area contributed by atoms with E-state index in [0.29, 0.717) is 28.2 Å². The summed E-state index contributed by atoms with van der Waals surface area (Å²) in [6.45, 7) is 0.698. The van der Waals surface area contributed by atoms with Crippen LogP contribution in [0.4, 0.5) is 5.69 Å². The Hall–Kier alpha value is -2.02. The van der Waals surface area contributed by atoms with Crippen molar-refractivity contribution in [2.75, 3.05) is 11.1 Å². The molecule has 8 heteroatoms. The minimum absolute atomic E-state index is 0.170. The zero-order chi connectivity index (χ0) is 19.5. The molecule has 0 atom stereocenters. The molecule has 0 radical (unpaired) electrons. The van der Waals surface area contributed by atoms with Crippen molar-refractivity contribution >= 4 is 46.6 Å². The SMILES string of the molecule is O=C(CSc1nnc(C2CC2)n1Cc1ccccc1)Nc1cccc(Cl)c1Cl. The average Bonchev–Trinajstić information content (AvgIpc) is 3.47. The molecule has 1 aromatic heterocycles. The van der Waals surface area contributed by atoms with Gasteiger partial charge in [-0.3, -0.25) is 4.79 Å². The molecule has 1 amide bonds. The fraction of sp³-hybridized carbons (Fsp3) is 0.250. The minimum atomic E-state index is -0.170. The first-order chi connectivity index (χ1) is 13.6. The van der Waals surface area contributed by atoms with Crippen LogP contribution in [0.1, 0.15) is 30.1 Å². The van der Waals surface area contributed by atoms with E-state index in [-0.39, 0.29) is 11.7 Å². The van der Waals surface area contributed by atoms with Crippen molar-refractivity contribution in [1.29, 1.82) is 0 Å². The molecule has 1 aliphatic rings. The molecule has 0 aliphatic heterocycles. The lowest BCUT2D eigenvalue weighted by molar-refractivity contribution is -0.113. The first kappa shape index (κ1) is 19.3. The summed E-state index contributed by atoms with van der Waals surface area (Å²) in [7, 11) is 0. The summed E-state index contributed by atoms with van der Waals surface area (Å²) in [5.74, 6) is 1.52. The molecule has 28 heavy (non-hydrogen) atoms. The Morgan fingerprint density at radius 1 is 1.11 bits per heavy atom. The van der Waals surface area contributed by atoms with Crippen molar-refractivity contribution in [1.82, 2.24) is 14.8 Å². The number of anilines is 1. The first-order valence-corrected chi connectivity index (χ1v) is 10.7. The number of rotatable bonds is 7. The van der Waals surface area contributed by atoms with Gasteiger partial charge in [-0.25, -0.2) is 0 Å². The van der Waals surface area contributed by atoms with E-state index in [4.69, 9.17) is 23.2 Å². The minimum Gasteiger partial charge on any atom is -0.324 e. The van der Waals surface area contributed by atoms with Gasteiger partial charge >= 0.3 is 0 Å². The molecule has 1 fully saturated rings. The average molecular weight is 433 g/mol. The van der Waals surface area contributed by atoms with Crippen LogP contribution in [0.5, 0.6) is 0 Å². The molecule has 5 nitrogen and oxygen atoms in total. The maximum absolute atomic E-state index is 12.4. The van der Waals surface area contributed by atoms with Gasteiger partial charge in [0.1, 0.15) is 5.82 Å². The number of nitrogens with one attached hydrogen (secondary N) is 1. The number of nitrogens with zero attached hydrogens (tertiary/aromatic N) is 3. The smallest absolute Gasteiger partial charge is 0.234 e. The lowest BCUT2D eigenvalue weighted by atomic mass is 10.2. The van der Waals surface area contributed by atoms with Gasteiger partial charge in [-0.1, -0.05) is 71.4 Å². The van der Waals surface area contributed by atoms with E-state index < -0.39 is 0 Å². The van der Waals surface area contributed by atoms with Gasteiger partial charge in [0.15, 0.2) is 5.16 Å². The highest BCUT2D eigenvalue weighted by Crippen LogP contribution is 2.40. The number of hydrogen-bond acceptors (Lipinski definition) is 4. The number of carbonyl (C=O) groups is 1. The van der Waals surface area contributed by atoms with Crippen LogP contribution in [0.3, 0.4) is 0 Å². The molecule has 2 aromatic carbocycles. The number of aromatic nitrogens is 3. The molecule has 0 spiro atoms. The second-order valence-electron chi connectivity index (χ2n) is 6.63. The largest absolute Gasteiger partial charge is 0.324 e. The second kappa shape index (κ2) is 8.55. The number of carbonyl (C=O) groups excluding carboxylic acids is 1. The molecule has 0 unspecified atom stereocenters. The topological polar surface area (TPSA) is 59.8 Å². The summed E-state index contributed by atoms with van der Waals surface area (Å²) in [6.07, 6.45) is 2.29. The number of thioether (sulfide) groups is 1. The Morgan fingerprint density at radius 3 is 2.64 bits per heavy atom. The van der Waals surface area contributed by atoms with Crippen LogP contribution in [0.25, 0.3) is 0 Å². The van der Waals surface area contributed by atoms with Crippen LogP contribution in [-0.4, -0.2) is 26.4 Å². The molecule has 1 aliphatic carbocycles. The summed E-state index contributed by atoms with van der Waals surface area (Å²) in [4.78, 5) is 12.4. The maximum Gasteiger partial charge on any atom is 0.234 e. The molecule has 144 valence electrons. The monoisotopic (exact) mass is 432 g/mol. The lowest BCUT2D eigenvalue weighted by Crippen LogP contribution is -2.15. The molecular weight excluding hydrogens is 415 g/mol. The molecular formula is C20H18Cl2N4OS. The molecule has 4 rings (SSSR count). The highest BCUT2D eigenvalue weighted by Gasteiger charge is 2.30. The van der Waals surface area contributed by atoms with Crippen LogP contribution < -0.4 is 5.32 Å². The number of halogens is 2. The summed E-state index contributed by atoms with van der Waals surface area (Å²) >= 11 is 13.5. The Morgan fingerprint density at radius 2 is 1.89 bits per heavy atom. The van der Waals surface area contributed by atoms with Gasteiger partial charge in [-0.15, -0.1) is 10.2 Å². The quantitative estimate of drug-likeness (QED) is 0.518. The van der Waals surface area contributed by atoms with Crippen molar-refractivity contribution in [3.05, 3.63) is 70.0 Å². The van der Waals surface area contributed by atoms with Crippen LogP contribution in [0.2, 0.25) is 10.0 Å². The van der Waals surface area contributed by atoms with Gasteiger partial charge in [-0.2, -0.15) is 0 Å². The fourth-order valence-electron chi connectivity index (χ4n) is 2.88. The van der Waals surface area contributed by atoms with E-state index in [1.165, 1.54) is 17.3 Å². The van der Waals surface area contributed by atoms with Crippen LogP contribution in [-0.2, 0) is 11.3 Å². The highest BCUT2D eigenvalue weighted by atomic mass is 35.5. The standard InChI is InChI=1S/C20H18Cl2N4OS/c21-15-7-4-8-16(18(15)22)23-17(27)12-28-20-25-24-19(14-9-10-14)26(20)11-13-5-2-1-3-6-13/h1-8,14H,9-12H2,(H,23,27). The van der Waals surface area contributed by atoms with E-state index in [1.54, 1.807) is 18.2 Å². The number of amides is 1. The van der Waals surface area contributed by atoms with Crippen molar-refractivity contribution in [3.63, 3.8) is 0 Å². The summed E-state index contributed by atoms with van der Waals surface area (Å²) in [5.41, 5.74) is 1.69. The Balaban J connectivity index is 1.46. The normalized spacial score (nSPS) is 13.5. The third-order valence-corrected chi connectivity index (χ3v) is 6.22. The zero-order valence-electron chi connectivity index (χ0n) is 14.9. The fourth-order valence-corrected chi connectivity index (χ4v) is 3.97. The van der Waals surface area contributed by atoms with E-state index in [0.717, 1.165) is 23.8 Å².